The van der Waals surface area contributed by atoms with E-state index in [-0.39, 0.29) is 0 Å². The number of benzene rings is 1. The summed E-state index contributed by atoms with van der Waals surface area (Å²) in [5.74, 6) is 0. The number of rotatable bonds is 4. The van der Waals surface area contributed by atoms with Crippen molar-refractivity contribution >= 4 is 5.69 Å². The van der Waals surface area contributed by atoms with Crippen LogP contribution in [0.2, 0.25) is 0 Å². The number of aromatic nitrogens is 3. The Morgan fingerprint density at radius 3 is 2.60 bits per heavy atom. The van der Waals surface area contributed by atoms with Gasteiger partial charge in [-0.05, 0) is 35.7 Å². The minimum atomic E-state index is 0.800. The Labute approximate surface area is 117 Å². The average molecular weight is 264 g/mol. The summed E-state index contributed by atoms with van der Waals surface area (Å²) in [6.45, 7) is 2.85. The number of aromatic amines is 1. The lowest BCUT2D eigenvalue weighted by Crippen LogP contribution is -2.01. The Hall–Kier alpha value is -2.62. The third-order valence-electron chi connectivity index (χ3n) is 3.27. The van der Waals surface area contributed by atoms with Crippen LogP contribution in [0.1, 0.15) is 11.1 Å². The molecule has 0 bridgehead atoms. The van der Waals surface area contributed by atoms with Crippen LogP contribution in [0.25, 0.3) is 11.3 Å². The van der Waals surface area contributed by atoms with E-state index in [0.717, 1.165) is 29.1 Å². The number of aryl methyl sites for hydroxylation is 1. The summed E-state index contributed by atoms with van der Waals surface area (Å²) in [5, 5.41) is 10.4. The first-order valence-electron chi connectivity index (χ1n) is 6.56. The predicted molar refractivity (Wildman–Crippen MR) is 80.3 cm³/mol. The smallest absolute Gasteiger partial charge is 0.0650 e. The van der Waals surface area contributed by atoms with Crippen LogP contribution in [0.4, 0.5) is 5.69 Å². The number of hydrogen-bond donors (Lipinski definition) is 2. The maximum absolute atomic E-state index is 4.09. The molecule has 0 aliphatic carbocycles. The molecule has 100 valence electrons. The Morgan fingerprint density at radius 2 is 1.90 bits per heavy atom. The topological polar surface area (TPSA) is 53.6 Å². The Kier molecular flexibility index (Phi) is 3.46. The molecule has 0 amide bonds. The molecule has 0 unspecified atom stereocenters. The second kappa shape index (κ2) is 5.57. The van der Waals surface area contributed by atoms with Gasteiger partial charge in [-0.25, -0.2) is 0 Å². The van der Waals surface area contributed by atoms with Gasteiger partial charge in [-0.2, -0.15) is 5.10 Å². The van der Waals surface area contributed by atoms with Gasteiger partial charge < -0.3 is 5.32 Å². The maximum atomic E-state index is 4.09. The molecule has 0 saturated heterocycles. The van der Waals surface area contributed by atoms with E-state index in [1.807, 2.05) is 18.3 Å². The normalized spacial score (nSPS) is 10.4. The zero-order chi connectivity index (χ0) is 13.8. The SMILES string of the molecule is Cc1cnccc1NCc1ccc(-c2ccn[nH]2)cc1. The molecule has 4 heteroatoms. The number of nitrogens with one attached hydrogen (secondary N) is 2. The molecular formula is C16H16N4. The fourth-order valence-electron chi connectivity index (χ4n) is 2.09. The van der Waals surface area contributed by atoms with Gasteiger partial charge in [0.05, 0.1) is 5.69 Å². The molecule has 0 atom stereocenters. The molecule has 2 N–H and O–H groups in total. The highest BCUT2D eigenvalue weighted by Gasteiger charge is 2.00. The molecule has 0 saturated carbocycles. The summed E-state index contributed by atoms with van der Waals surface area (Å²) in [6, 6.07) is 12.4. The lowest BCUT2D eigenvalue weighted by molar-refractivity contribution is 1.09. The van der Waals surface area contributed by atoms with Crippen molar-refractivity contribution in [2.24, 2.45) is 0 Å². The molecule has 0 aliphatic heterocycles. The highest BCUT2D eigenvalue weighted by molar-refractivity contribution is 5.59. The van der Waals surface area contributed by atoms with Crippen molar-refractivity contribution in [2.45, 2.75) is 13.5 Å². The molecule has 2 heterocycles. The van der Waals surface area contributed by atoms with E-state index in [0.29, 0.717) is 0 Å². The Bertz CT molecular complexity index is 672. The fourth-order valence-corrected chi connectivity index (χ4v) is 2.09. The predicted octanol–water partition coefficient (Wildman–Crippen LogP) is 3.39. The molecule has 0 radical (unpaired) electrons. The van der Waals surface area contributed by atoms with Gasteiger partial charge in [0.25, 0.3) is 0 Å². The van der Waals surface area contributed by atoms with Crippen molar-refractivity contribution in [2.75, 3.05) is 5.32 Å². The van der Waals surface area contributed by atoms with Gasteiger partial charge in [0, 0.05) is 30.8 Å². The van der Waals surface area contributed by atoms with E-state index >= 15 is 0 Å². The van der Waals surface area contributed by atoms with Crippen LogP contribution in [0.5, 0.6) is 0 Å². The monoisotopic (exact) mass is 264 g/mol. The van der Waals surface area contributed by atoms with E-state index < -0.39 is 0 Å². The highest BCUT2D eigenvalue weighted by Crippen LogP contribution is 2.18. The van der Waals surface area contributed by atoms with Crippen LogP contribution in [-0.2, 0) is 6.54 Å². The van der Waals surface area contributed by atoms with Gasteiger partial charge in [0.15, 0.2) is 0 Å². The van der Waals surface area contributed by atoms with Crippen molar-refractivity contribution in [1.82, 2.24) is 15.2 Å². The first kappa shape index (κ1) is 12.4. The summed E-state index contributed by atoms with van der Waals surface area (Å²) < 4.78 is 0. The molecule has 0 spiro atoms. The van der Waals surface area contributed by atoms with Crippen molar-refractivity contribution in [3.8, 4) is 11.3 Å². The average Bonchev–Trinajstić information content (AvgIpc) is 3.01. The number of hydrogen-bond acceptors (Lipinski definition) is 3. The fraction of sp³-hybridized carbons (Fsp3) is 0.125. The lowest BCUT2D eigenvalue weighted by Gasteiger charge is -2.09. The van der Waals surface area contributed by atoms with Crippen molar-refractivity contribution in [3.05, 3.63) is 66.1 Å². The van der Waals surface area contributed by atoms with E-state index in [4.69, 9.17) is 0 Å². The Balaban J connectivity index is 1.68. The summed E-state index contributed by atoms with van der Waals surface area (Å²) in [6.07, 6.45) is 5.43. The van der Waals surface area contributed by atoms with Crippen molar-refractivity contribution < 1.29 is 0 Å². The largest absolute Gasteiger partial charge is 0.381 e. The number of H-pyrrole nitrogens is 1. The number of pyridine rings is 1. The number of anilines is 1. The molecule has 1 aromatic carbocycles. The maximum Gasteiger partial charge on any atom is 0.0650 e. The summed E-state index contributed by atoms with van der Waals surface area (Å²) in [4.78, 5) is 4.09. The molecule has 20 heavy (non-hydrogen) atoms. The van der Waals surface area contributed by atoms with Gasteiger partial charge in [0.1, 0.15) is 0 Å². The first-order chi connectivity index (χ1) is 9.83. The van der Waals surface area contributed by atoms with Crippen LogP contribution in [0.15, 0.2) is 55.0 Å². The second-order valence-electron chi connectivity index (χ2n) is 4.71. The van der Waals surface area contributed by atoms with Crippen molar-refractivity contribution in [1.29, 1.82) is 0 Å². The zero-order valence-corrected chi connectivity index (χ0v) is 11.3. The van der Waals surface area contributed by atoms with Gasteiger partial charge >= 0.3 is 0 Å². The molecule has 3 aromatic rings. The molecular weight excluding hydrogens is 248 g/mol. The molecule has 4 nitrogen and oxygen atoms in total. The highest BCUT2D eigenvalue weighted by atomic mass is 15.1. The van der Waals surface area contributed by atoms with E-state index in [9.17, 15) is 0 Å². The lowest BCUT2D eigenvalue weighted by atomic mass is 10.1. The van der Waals surface area contributed by atoms with E-state index in [1.54, 1.807) is 12.4 Å². The van der Waals surface area contributed by atoms with Crippen LogP contribution in [0.3, 0.4) is 0 Å². The third-order valence-corrected chi connectivity index (χ3v) is 3.27. The quantitative estimate of drug-likeness (QED) is 0.759. The van der Waals surface area contributed by atoms with Crippen molar-refractivity contribution in [3.63, 3.8) is 0 Å². The van der Waals surface area contributed by atoms with Gasteiger partial charge in [-0.15, -0.1) is 0 Å². The standard InChI is InChI=1S/C16H16N4/c1-12-10-17-8-6-15(12)18-11-13-2-4-14(5-3-13)16-7-9-19-20-16/h2-10H,11H2,1H3,(H,17,18)(H,19,20). The van der Waals surface area contributed by atoms with Gasteiger partial charge in [-0.3, -0.25) is 10.1 Å². The third kappa shape index (κ3) is 2.69. The summed E-state index contributed by atoms with van der Waals surface area (Å²) in [7, 11) is 0. The van der Waals surface area contributed by atoms with Gasteiger partial charge in [0.2, 0.25) is 0 Å². The minimum absolute atomic E-state index is 0.800. The Morgan fingerprint density at radius 1 is 1.05 bits per heavy atom. The summed E-state index contributed by atoms with van der Waals surface area (Å²) >= 11 is 0. The van der Waals surface area contributed by atoms with Gasteiger partial charge in [-0.1, -0.05) is 24.3 Å². The van der Waals surface area contributed by atoms with E-state index in [1.165, 1.54) is 5.56 Å². The first-order valence-corrected chi connectivity index (χ1v) is 6.56. The number of nitrogens with zero attached hydrogens (tertiary/aromatic N) is 2. The van der Waals surface area contributed by atoms with E-state index in [2.05, 4.69) is 51.7 Å². The molecule has 3 rings (SSSR count). The summed E-state index contributed by atoms with van der Waals surface area (Å²) in [5.41, 5.74) is 5.70. The van der Waals surface area contributed by atoms with Crippen LogP contribution in [0, 0.1) is 6.92 Å². The van der Waals surface area contributed by atoms with Crippen LogP contribution >= 0.6 is 0 Å². The van der Waals surface area contributed by atoms with Crippen LogP contribution < -0.4 is 5.32 Å². The zero-order valence-electron chi connectivity index (χ0n) is 11.3. The molecule has 0 fully saturated rings. The molecule has 0 aliphatic rings. The second-order valence-corrected chi connectivity index (χ2v) is 4.71. The molecule has 2 aromatic heterocycles. The van der Waals surface area contributed by atoms with Crippen LogP contribution in [-0.4, -0.2) is 15.2 Å². The minimum Gasteiger partial charge on any atom is -0.381 e.